The molecule has 3 rings (SSSR count). The Morgan fingerprint density at radius 1 is 1.23 bits per heavy atom. The van der Waals surface area contributed by atoms with Crippen LogP contribution in [0.3, 0.4) is 0 Å². The van der Waals surface area contributed by atoms with Crippen LogP contribution in [0.2, 0.25) is 0 Å². The first-order chi connectivity index (χ1) is 12.3. The summed E-state index contributed by atoms with van der Waals surface area (Å²) in [7, 11) is 0. The third-order valence-electron chi connectivity index (χ3n) is 3.73. The molecule has 2 aromatic carbocycles. The number of phenolic OH excluding ortho intramolecular Hbond substituents is 1. The first-order valence-electron chi connectivity index (χ1n) is 7.68. The van der Waals surface area contributed by atoms with Crippen LogP contribution in [-0.4, -0.2) is 21.1 Å². The van der Waals surface area contributed by atoms with Gasteiger partial charge in [0, 0.05) is 6.07 Å². The average molecular weight is 369 g/mol. The maximum absolute atomic E-state index is 12.2. The van der Waals surface area contributed by atoms with Crippen LogP contribution in [0.5, 0.6) is 5.75 Å². The van der Waals surface area contributed by atoms with E-state index < -0.39 is 16.4 Å². The van der Waals surface area contributed by atoms with Crippen molar-refractivity contribution in [1.82, 2.24) is 5.32 Å². The molecule has 0 aliphatic carbocycles. The van der Waals surface area contributed by atoms with Crippen molar-refractivity contribution in [3.05, 3.63) is 68.1 Å². The number of nitro groups is 1. The van der Waals surface area contributed by atoms with Gasteiger partial charge in [-0.3, -0.25) is 14.9 Å². The number of aryl methyl sites for hydroxylation is 2. The predicted octanol–water partition coefficient (Wildman–Crippen LogP) is 3.81. The molecule has 0 spiro atoms. The molecule has 0 atom stereocenters. The molecule has 0 radical (unpaired) electrons. The number of hydrogen-bond donors (Lipinski definition) is 2. The summed E-state index contributed by atoms with van der Waals surface area (Å²) in [4.78, 5) is 27.2. The molecule has 1 fully saturated rings. The van der Waals surface area contributed by atoms with Gasteiger partial charge in [-0.2, -0.15) is 0 Å². The van der Waals surface area contributed by atoms with E-state index in [9.17, 15) is 20.0 Å². The van der Waals surface area contributed by atoms with Gasteiger partial charge in [0.05, 0.1) is 15.5 Å². The van der Waals surface area contributed by atoms with Crippen LogP contribution in [0.4, 0.5) is 11.4 Å². The van der Waals surface area contributed by atoms with Crippen LogP contribution in [0.15, 0.2) is 46.3 Å². The lowest BCUT2D eigenvalue weighted by atomic mass is 10.1. The van der Waals surface area contributed by atoms with Gasteiger partial charge in [-0.1, -0.05) is 18.2 Å². The molecule has 1 amide bonds. The molecule has 0 aromatic heterocycles. The van der Waals surface area contributed by atoms with Crippen LogP contribution in [0.1, 0.15) is 16.7 Å². The highest BCUT2D eigenvalue weighted by Gasteiger charge is 2.24. The van der Waals surface area contributed by atoms with Crippen molar-refractivity contribution in [2.75, 3.05) is 0 Å². The summed E-state index contributed by atoms with van der Waals surface area (Å²) in [6.45, 7) is 3.90. The molecule has 0 bridgehead atoms. The SMILES string of the molecule is Cc1ccc(C)c(N=C2NC(=O)/C(=C\c3ccc(O)c([N+](=O)[O-])c3)S2)c1. The number of carbonyl (C=O) groups is 1. The van der Waals surface area contributed by atoms with Crippen molar-refractivity contribution >= 4 is 40.3 Å². The van der Waals surface area contributed by atoms with E-state index in [1.807, 2.05) is 32.0 Å². The van der Waals surface area contributed by atoms with E-state index in [1.165, 1.54) is 24.3 Å². The highest BCUT2D eigenvalue weighted by atomic mass is 32.2. The number of hydrogen-bond acceptors (Lipinski definition) is 6. The lowest BCUT2D eigenvalue weighted by Crippen LogP contribution is -2.19. The minimum absolute atomic E-state index is 0.324. The number of amidine groups is 1. The molecule has 26 heavy (non-hydrogen) atoms. The summed E-state index contributed by atoms with van der Waals surface area (Å²) in [5.41, 5.74) is 2.86. The lowest BCUT2D eigenvalue weighted by molar-refractivity contribution is -0.385. The maximum atomic E-state index is 12.2. The molecule has 0 unspecified atom stereocenters. The van der Waals surface area contributed by atoms with Gasteiger partial charge >= 0.3 is 5.69 Å². The normalized spacial score (nSPS) is 16.9. The first kappa shape index (κ1) is 17.7. The van der Waals surface area contributed by atoms with Crippen LogP contribution >= 0.6 is 11.8 Å². The molecule has 1 heterocycles. The van der Waals surface area contributed by atoms with Crippen LogP contribution in [-0.2, 0) is 4.79 Å². The Hall–Kier alpha value is -3.13. The highest BCUT2D eigenvalue weighted by molar-refractivity contribution is 8.18. The zero-order chi connectivity index (χ0) is 18.8. The molecule has 2 N–H and O–H groups in total. The standard InChI is InChI=1S/C18H15N3O4S/c1-10-3-4-11(2)13(7-10)19-18-20-17(23)16(26-18)9-12-5-6-15(22)14(8-12)21(24)25/h3-9,22H,1-2H3,(H,19,20,23)/b16-9+. The third kappa shape index (κ3) is 3.75. The monoisotopic (exact) mass is 369 g/mol. The van der Waals surface area contributed by atoms with Gasteiger partial charge in [-0.25, -0.2) is 4.99 Å². The Bertz CT molecular complexity index is 982. The Kier molecular flexibility index (Phi) is 4.77. The summed E-state index contributed by atoms with van der Waals surface area (Å²) in [6.07, 6.45) is 1.53. The Morgan fingerprint density at radius 2 is 2.00 bits per heavy atom. The zero-order valence-corrected chi connectivity index (χ0v) is 14.8. The van der Waals surface area contributed by atoms with E-state index in [0.717, 1.165) is 28.6 Å². The number of aromatic hydroxyl groups is 1. The molecular weight excluding hydrogens is 354 g/mol. The molecule has 132 valence electrons. The number of carbonyl (C=O) groups excluding carboxylic acids is 1. The second kappa shape index (κ2) is 7.01. The molecule has 1 aliphatic heterocycles. The molecule has 1 aliphatic rings. The third-order valence-corrected chi connectivity index (χ3v) is 4.64. The lowest BCUT2D eigenvalue weighted by Gasteiger charge is -2.02. The van der Waals surface area contributed by atoms with Crippen molar-refractivity contribution in [2.45, 2.75) is 13.8 Å². The fraction of sp³-hybridized carbons (Fsp3) is 0.111. The molecule has 7 nitrogen and oxygen atoms in total. The summed E-state index contributed by atoms with van der Waals surface area (Å²) in [5, 5.41) is 23.6. The van der Waals surface area contributed by atoms with E-state index in [1.54, 1.807) is 0 Å². The number of nitro benzene ring substituents is 1. The van der Waals surface area contributed by atoms with Gasteiger partial charge in [-0.05, 0) is 60.5 Å². The predicted molar refractivity (Wildman–Crippen MR) is 101 cm³/mol. The second-order valence-corrected chi connectivity index (χ2v) is 6.81. The van der Waals surface area contributed by atoms with Gasteiger partial charge < -0.3 is 10.4 Å². The average Bonchev–Trinajstić information content (AvgIpc) is 2.92. The number of nitrogens with one attached hydrogen (secondary N) is 1. The smallest absolute Gasteiger partial charge is 0.311 e. The Balaban J connectivity index is 1.89. The van der Waals surface area contributed by atoms with Crippen molar-refractivity contribution in [3.8, 4) is 5.75 Å². The quantitative estimate of drug-likeness (QED) is 0.486. The largest absolute Gasteiger partial charge is 0.502 e. The molecule has 1 saturated heterocycles. The van der Waals surface area contributed by atoms with Crippen LogP contribution in [0.25, 0.3) is 6.08 Å². The van der Waals surface area contributed by atoms with E-state index in [4.69, 9.17) is 0 Å². The van der Waals surface area contributed by atoms with E-state index >= 15 is 0 Å². The molecule has 0 saturated carbocycles. The number of aliphatic imine (C=N–C) groups is 1. The number of phenols is 1. The van der Waals surface area contributed by atoms with Crippen LogP contribution in [0, 0.1) is 24.0 Å². The molecule has 2 aromatic rings. The van der Waals surface area contributed by atoms with Crippen molar-refractivity contribution in [3.63, 3.8) is 0 Å². The van der Waals surface area contributed by atoms with Gasteiger partial charge in [0.2, 0.25) is 0 Å². The summed E-state index contributed by atoms with van der Waals surface area (Å²) >= 11 is 1.16. The molecule has 8 heteroatoms. The Labute approximate surface area is 153 Å². The van der Waals surface area contributed by atoms with E-state index in [0.29, 0.717) is 15.6 Å². The number of nitrogens with zero attached hydrogens (tertiary/aromatic N) is 2. The molecular formula is C18H15N3O4S. The number of amides is 1. The highest BCUT2D eigenvalue weighted by Crippen LogP contribution is 2.32. The van der Waals surface area contributed by atoms with Gasteiger partial charge in [-0.15, -0.1) is 0 Å². The van der Waals surface area contributed by atoms with Gasteiger partial charge in [0.1, 0.15) is 0 Å². The van der Waals surface area contributed by atoms with Gasteiger partial charge in [0.15, 0.2) is 10.9 Å². The zero-order valence-electron chi connectivity index (χ0n) is 14.0. The van der Waals surface area contributed by atoms with Crippen molar-refractivity contribution in [1.29, 1.82) is 0 Å². The van der Waals surface area contributed by atoms with Gasteiger partial charge in [0.25, 0.3) is 5.91 Å². The summed E-state index contributed by atoms with van der Waals surface area (Å²) < 4.78 is 0. The number of rotatable bonds is 3. The Morgan fingerprint density at radius 3 is 2.73 bits per heavy atom. The van der Waals surface area contributed by atoms with E-state index in [2.05, 4.69) is 10.3 Å². The maximum Gasteiger partial charge on any atom is 0.311 e. The first-order valence-corrected chi connectivity index (χ1v) is 8.49. The van der Waals surface area contributed by atoms with Crippen molar-refractivity contribution < 1.29 is 14.8 Å². The summed E-state index contributed by atoms with van der Waals surface area (Å²) in [6, 6.07) is 9.83. The topological polar surface area (TPSA) is 105 Å². The minimum Gasteiger partial charge on any atom is -0.502 e. The number of thioether (sulfide) groups is 1. The summed E-state index contributed by atoms with van der Waals surface area (Å²) in [5.74, 6) is -0.743. The second-order valence-electron chi connectivity index (χ2n) is 5.78. The minimum atomic E-state index is -0.674. The fourth-order valence-corrected chi connectivity index (χ4v) is 3.19. The van der Waals surface area contributed by atoms with Crippen molar-refractivity contribution in [2.24, 2.45) is 4.99 Å². The fourth-order valence-electron chi connectivity index (χ4n) is 2.36. The van der Waals surface area contributed by atoms with E-state index in [-0.39, 0.29) is 5.91 Å². The number of benzene rings is 2. The van der Waals surface area contributed by atoms with Crippen LogP contribution < -0.4 is 5.32 Å².